The molecule has 3 heteroatoms. The molecule has 1 aromatic rings. The van der Waals surface area contributed by atoms with Crippen molar-refractivity contribution in [3.05, 3.63) is 35.4 Å². The summed E-state index contributed by atoms with van der Waals surface area (Å²) in [6.07, 6.45) is 17.7. The fraction of sp³-hybridized carbons (Fsp3) is 0.758. The largest absolute Gasteiger partial charge is 0.412 e. The van der Waals surface area contributed by atoms with Gasteiger partial charge in [-0.05, 0) is 34.7 Å². The lowest BCUT2D eigenvalue weighted by molar-refractivity contribution is 0.153. The maximum absolute atomic E-state index is 6.61. The van der Waals surface area contributed by atoms with Crippen molar-refractivity contribution in [1.82, 2.24) is 0 Å². The van der Waals surface area contributed by atoms with E-state index in [0.29, 0.717) is 13.2 Å². The summed E-state index contributed by atoms with van der Waals surface area (Å²) in [4.78, 5) is 0. The van der Waals surface area contributed by atoms with Gasteiger partial charge in [-0.1, -0.05) is 142 Å². The van der Waals surface area contributed by atoms with Gasteiger partial charge >= 0.3 is 0 Å². The topological polar surface area (TPSA) is 18.5 Å². The summed E-state index contributed by atoms with van der Waals surface area (Å²) in [5.74, 6) is 6.47. The van der Waals surface area contributed by atoms with Gasteiger partial charge in [-0.3, -0.25) is 0 Å². The highest BCUT2D eigenvalue weighted by atomic mass is 28.4. The van der Waals surface area contributed by atoms with Crippen molar-refractivity contribution in [3.63, 3.8) is 0 Å². The van der Waals surface area contributed by atoms with Crippen molar-refractivity contribution in [1.29, 1.82) is 0 Å². The molecule has 0 aliphatic rings. The minimum Gasteiger partial charge on any atom is -0.412 e. The molecule has 0 heterocycles. The van der Waals surface area contributed by atoms with E-state index < -0.39 is 8.32 Å². The summed E-state index contributed by atoms with van der Waals surface area (Å²) >= 11 is 0. The van der Waals surface area contributed by atoms with Gasteiger partial charge in [0, 0.05) is 6.42 Å². The highest BCUT2D eigenvalue weighted by molar-refractivity contribution is 6.76. The van der Waals surface area contributed by atoms with E-state index in [1.54, 1.807) is 0 Å². The van der Waals surface area contributed by atoms with Gasteiger partial charge in [0.2, 0.25) is 0 Å². The van der Waals surface area contributed by atoms with E-state index in [2.05, 4.69) is 77.6 Å². The SMILES string of the molecule is CCCCCCCCCCCCCCC#CCOCc1ccc(CO[Si](CC)(CC)C(C)(C)C)cc1. The van der Waals surface area contributed by atoms with Crippen LogP contribution >= 0.6 is 0 Å². The first-order chi connectivity index (χ1) is 17.4. The van der Waals surface area contributed by atoms with E-state index in [0.717, 1.165) is 13.0 Å². The van der Waals surface area contributed by atoms with Crippen LogP contribution in [0.1, 0.15) is 136 Å². The minimum absolute atomic E-state index is 0.262. The van der Waals surface area contributed by atoms with Crippen LogP contribution in [0.4, 0.5) is 0 Å². The molecule has 0 saturated carbocycles. The average molecular weight is 515 g/mol. The molecule has 0 aliphatic carbocycles. The standard InChI is InChI=1S/C33H58O2Si/c1-7-10-11-12-13-14-15-16-17-18-19-20-21-22-23-28-34-29-31-24-26-32(27-25-31)30-35-36(8-2,9-3)33(4,5)6/h24-27H,7-21,28-30H2,1-6H3. The maximum atomic E-state index is 6.61. The fourth-order valence-electron chi connectivity index (χ4n) is 5.10. The van der Waals surface area contributed by atoms with Gasteiger partial charge in [0.1, 0.15) is 6.61 Å². The zero-order chi connectivity index (χ0) is 26.5. The lowest BCUT2D eigenvalue weighted by Crippen LogP contribution is -2.45. The molecule has 0 aromatic heterocycles. The van der Waals surface area contributed by atoms with Crippen LogP contribution in [0, 0.1) is 11.8 Å². The van der Waals surface area contributed by atoms with Crippen molar-refractivity contribution in [2.24, 2.45) is 0 Å². The molecule has 206 valence electrons. The highest BCUT2D eigenvalue weighted by Crippen LogP contribution is 2.42. The molecule has 0 aliphatic heterocycles. The Hall–Kier alpha value is -1.08. The Morgan fingerprint density at radius 3 is 1.58 bits per heavy atom. The van der Waals surface area contributed by atoms with Crippen LogP contribution in [-0.2, 0) is 22.4 Å². The molecular weight excluding hydrogens is 456 g/mol. The quantitative estimate of drug-likeness (QED) is 0.0978. The van der Waals surface area contributed by atoms with Crippen molar-refractivity contribution in [2.45, 2.75) is 155 Å². The smallest absolute Gasteiger partial charge is 0.198 e. The average Bonchev–Trinajstić information content (AvgIpc) is 2.86. The molecule has 1 aromatic carbocycles. The summed E-state index contributed by atoms with van der Waals surface area (Å²) in [6.45, 7) is 15.8. The second-order valence-electron chi connectivity index (χ2n) is 11.5. The third-order valence-electron chi connectivity index (χ3n) is 7.77. The van der Waals surface area contributed by atoms with Gasteiger partial charge < -0.3 is 9.16 Å². The molecule has 2 nitrogen and oxygen atoms in total. The number of unbranched alkanes of at least 4 members (excludes halogenated alkanes) is 12. The second-order valence-corrected chi connectivity index (χ2v) is 16.7. The van der Waals surface area contributed by atoms with Crippen molar-refractivity contribution < 1.29 is 9.16 Å². The number of benzene rings is 1. The fourth-order valence-corrected chi connectivity index (χ4v) is 9.00. The Morgan fingerprint density at radius 2 is 1.11 bits per heavy atom. The summed E-state index contributed by atoms with van der Waals surface area (Å²) in [6, 6.07) is 11.0. The van der Waals surface area contributed by atoms with E-state index in [4.69, 9.17) is 9.16 Å². The predicted octanol–water partition coefficient (Wildman–Crippen LogP) is 10.6. The Labute approximate surface area is 226 Å². The van der Waals surface area contributed by atoms with E-state index >= 15 is 0 Å². The molecule has 0 radical (unpaired) electrons. The third-order valence-corrected chi connectivity index (χ3v) is 13.5. The predicted molar refractivity (Wildman–Crippen MR) is 161 cm³/mol. The maximum Gasteiger partial charge on any atom is 0.198 e. The first-order valence-corrected chi connectivity index (χ1v) is 17.5. The Bertz CT molecular complexity index is 704. The van der Waals surface area contributed by atoms with Crippen molar-refractivity contribution in [2.75, 3.05) is 6.61 Å². The summed E-state index contributed by atoms with van der Waals surface area (Å²) in [5, 5.41) is 0.262. The first-order valence-electron chi connectivity index (χ1n) is 15.1. The molecule has 0 fully saturated rings. The minimum atomic E-state index is -1.74. The molecule has 0 amide bonds. The van der Waals surface area contributed by atoms with Gasteiger partial charge in [0.05, 0.1) is 13.2 Å². The van der Waals surface area contributed by atoms with E-state index in [1.807, 2.05) is 0 Å². The van der Waals surface area contributed by atoms with Gasteiger partial charge in [0.15, 0.2) is 8.32 Å². The Morgan fingerprint density at radius 1 is 0.639 bits per heavy atom. The molecule has 0 unspecified atom stereocenters. The normalized spacial score (nSPS) is 11.9. The molecule has 0 bridgehead atoms. The van der Waals surface area contributed by atoms with Gasteiger partial charge in [-0.25, -0.2) is 0 Å². The van der Waals surface area contributed by atoms with Crippen LogP contribution in [0.25, 0.3) is 0 Å². The van der Waals surface area contributed by atoms with Crippen molar-refractivity contribution >= 4 is 8.32 Å². The molecule has 0 saturated heterocycles. The second kappa shape index (κ2) is 20.0. The number of hydrogen-bond acceptors (Lipinski definition) is 2. The highest BCUT2D eigenvalue weighted by Gasteiger charge is 2.43. The van der Waals surface area contributed by atoms with Crippen molar-refractivity contribution in [3.8, 4) is 11.8 Å². The van der Waals surface area contributed by atoms with E-state index in [9.17, 15) is 0 Å². The van der Waals surface area contributed by atoms with Crippen LogP contribution in [0.2, 0.25) is 17.1 Å². The molecule has 0 N–H and O–H groups in total. The molecular formula is C33H58O2Si. The monoisotopic (exact) mass is 514 g/mol. The lowest BCUT2D eigenvalue weighted by Gasteiger charge is -2.41. The lowest BCUT2D eigenvalue weighted by atomic mass is 10.0. The first kappa shape index (κ1) is 32.9. The zero-order valence-electron chi connectivity index (χ0n) is 24.9. The third kappa shape index (κ3) is 14.0. The molecule has 0 atom stereocenters. The summed E-state index contributed by atoms with van der Waals surface area (Å²) in [5.41, 5.74) is 2.45. The Kier molecular flexibility index (Phi) is 18.3. The van der Waals surface area contributed by atoms with Gasteiger partial charge in [-0.15, -0.1) is 5.92 Å². The van der Waals surface area contributed by atoms with Crippen LogP contribution < -0.4 is 0 Å². The number of ether oxygens (including phenoxy) is 1. The van der Waals surface area contributed by atoms with Gasteiger partial charge in [0.25, 0.3) is 0 Å². The van der Waals surface area contributed by atoms with E-state index in [1.165, 1.54) is 100 Å². The number of rotatable bonds is 20. The molecule has 0 spiro atoms. The zero-order valence-corrected chi connectivity index (χ0v) is 25.9. The van der Waals surface area contributed by atoms with Crippen LogP contribution in [0.3, 0.4) is 0 Å². The molecule has 1 rings (SSSR count). The summed E-state index contributed by atoms with van der Waals surface area (Å²) < 4.78 is 12.4. The summed E-state index contributed by atoms with van der Waals surface area (Å²) in [7, 11) is -1.74. The van der Waals surface area contributed by atoms with Crippen LogP contribution in [0.15, 0.2) is 24.3 Å². The van der Waals surface area contributed by atoms with Gasteiger partial charge in [-0.2, -0.15) is 0 Å². The van der Waals surface area contributed by atoms with Crippen LogP contribution in [0.5, 0.6) is 0 Å². The van der Waals surface area contributed by atoms with Crippen LogP contribution in [-0.4, -0.2) is 14.9 Å². The molecule has 36 heavy (non-hydrogen) atoms. The Balaban J connectivity index is 2.09. The van der Waals surface area contributed by atoms with E-state index in [-0.39, 0.29) is 5.04 Å². The number of hydrogen-bond donors (Lipinski definition) is 0.